The van der Waals surface area contributed by atoms with Crippen LogP contribution in [0.15, 0.2) is 106 Å². The van der Waals surface area contributed by atoms with Gasteiger partial charge in [0.1, 0.15) is 11.5 Å². The Bertz CT molecular complexity index is 2380. The van der Waals surface area contributed by atoms with Crippen LogP contribution in [-0.4, -0.2) is 44.3 Å². The first kappa shape index (κ1) is 28.9. The number of fused-ring (bicyclic) bond motifs is 3. The molecule has 0 atom stereocenters. The molecule has 238 valence electrons. The maximum Gasteiger partial charge on any atom is 0.333 e. The van der Waals surface area contributed by atoms with Crippen LogP contribution in [0, 0.1) is 0 Å². The zero-order valence-corrected chi connectivity index (χ0v) is 26.3. The topological polar surface area (TPSA) is 131 Å². The van der Waals surface area contributed by atoms with Crippen molar-refractivity contribution in [1.29, 1.82) is 0 Å². The molecule has 0 saturated carbocycles. The molecule has 0 spiro atoms. The first-order chi connectivity index (χ1) is 23.2. The summed E-state index contributed by atoms with van der Waals surface area (Å²) < 4.78 is 16.8. The van der Waals surface area contributed by atoms with Crippen LogP contribution in [0.1, 0.15) is 11.1 Å². The Hall–Kier alpha value is -6.56. The number of aromatic nitrogens is 4. The number of hydrogen-bond acceptors (Lipinski definition) is 6. The molecule has 48 heavy (non-hydrogen) atoms. The lowest BCUT2D eigenvalue weighted by Crippen LogP contribution is -2.21. The summed E-state index contributed by atoms with van der Waals surface area (Å²) in [5, 5.41) is 5.78. The number of aryl methyl sites for hydroxylation is 2. The fraction of sp³-hybridized carbons (Fsp3) is 0.111. The summed E-state index contributed by atoms with van der Waals surface area (Å²) >= 11 is 0. The van der Waals surface area contributed by atoms with Gasteiger partial charge in [0.2, 0.25) is 0 Å². The molecule has 2 amide bonds. The predicted octanol–water partition coefficient (Wildman–Crippen LogP) is 3.37. The number of nitrogens with zero attached hydrogens (tertiary/aromatic N) is 4. The zero-order valence-electron chi connectivity index (χ0n) is 26.3. The summed E-state index contributed by atoms with van der Waals surface area (Å²) in [5.41, 5.74) is 5.75. The van der Waals surface area contributed by atoms with Gasteiger partial charge in [0.25, 0.3) is 11.8 Å². The van der Waals surface area contributed by atoms with Crippen LogP contribution in [0.5, 0.6) is 11.5 Å². The lowest BCUT2D eigenvalue weighted by atomic mass is 10.0. The lowest BCUT2D eigenvalue weighted by molar-refractivity contribution is -0.117. The van der Waals surface area contributed by atoms with Gasteiger partial charge in [0.15, 0.2) is 0 Å². The fourth-order valence-electron chi connectivity index (χ4n) is 6.56. The maximum absolute atomic E-state index is 13.5. The average molecular weight is 641 g/mol. The third-order valence-corrected chi connectivity index (χ3v) is 9.03. The molecule has 0 saturated heterocycles. The Kier molecular flexibility index (Phi) is 6.31. The standard InChI is InChI=1S/C36H28N6O6/c1-39-27-17-19(5-15-25(27)41(35(39)45)21-7-11-23(47-3)12-8-21)31-29-30(34(44)37-31)32(38-33(29)43)20-6-16-26-28(18-20)40(2)36(46)42(26)22-9-13-24(48-4)14-10-22/h5-18H,1-4H3,(H,37,44)(H,38,43). The third-order valence-electron chi connectivity index (χ3n) is 9.03. The van der Waals surface area contributed by atoms with Gasteiger partial charge in [0.05, 0.1) is 70.2 Å². The molecule has 0 aliphatic carbocycles. The van der Waals surface area contributed by atoms with Crippen LogP contribution >= 0.6 is 0 Å². The van der Waals surface area contributed by atoms with E-state index in [0.29, 0.717) is 67.5 Å². The minimum atomic E-state index is -0.428. The number of carbonyl (C=O) groups is 2. The Labute approximate surface area is 272 Å². The molecule has 12 heteroatoms. The van der Waals surface area contributed by atoms with Crippen LogP contribution in [0.2, 0.25) is 0 Å². The highest BCUT2D eigenvalue weighted by Gasteiger charge is 2.41. The van der Waals surface area contributed by atoms with Crippen molar-refractivity contribution >= 4 is 45.3 Å². The van der Waals surface area contributed by atoms with Crippen molar-refractivity contribution in [3.05, 3.63) is 128 Å². The van der Waals surface area contributed by atoms with Crippen molar-refractivity contribution in [3.8, 4) is 22.9 Å². The van der Waals surface area contributed by atoms with Gasteiger partial charge in [-0.15, -0.1) is 0 Å². The fourth-order valence-corrected chi connectivity index (χ4v) is 6.56. The maximum atomic E-state index is 13.5. The Balaban J connectivity index is 1.22. The monoisotopic (exact) mass is 640 g/mol. The Morgan fingerprint density at radius 1 is 0.500 bits per heavy atom. The second-order valence-corrected chi connectivity index (χ2v) is 11.6. The van der Waals surface area contributed by atoms with E-state index in [4.69, 9.17) is 9.47 Å². The van der Waals surface area contributed by atoms with Crippen molar-refractivity contribution in [1.82, 2.24) is 28.9 Å². The lowest BCUT2D eigenvalue weighted by Gasteiger charge is -2.09. The molecule has 8 rings (SSSR count). The van der Waals surface area contributed by atoms with Gasteiger partial charge in [-0.3, -0.25) is 27.9 Å². The first-order valence-electron chi connectivity index (χ1n) is 15.0. The molecule has 0 radical (unpaired) electrons. The largest absolute Gasteiger partial charge is 0.497 e. The number of benzene rings is 4. The molecule has 2 aliphatic rings. The number of nitrogens with one attached hydrogen (secondary N) is 2. The molecule has 2 aliphatic heterocycles. The van der Waals surface area contributed by atoms with Gasteiger partial charge in [-0.05, 0) is 72.8 Å². The molecular formula is C36H28N6O6. The van der Waals surface area contributed by atoms with E-state index >= 15 is 0 Å². The third kappa shape index (κ3) is 4.09. The van der Waals surface area contributed by atoms with Crippen molar-refractivity contribution in [2.45, 2.75) is 0 Å². The molecule has 0 unspecified atom stereocenters. The molecular weight excluding hydrogens is 612 g/mol. The molecule has 2 N–H and O–H groups in total. The number of hydrogen-bond donors (Lipinski definition) is 2. The van der Waals surface area contributed by atoms with Crippen molar-refractivity contribution in [2.24, 2.45) is 14.1 Å². The van der Waals surface area contributed by atoms with Gasteiger partial charge >= 0.3 is 11.4 Å². The highest BCUT2D eigenvalue weighted by atomic mass is 16.5. The van der Waals surface area contributed by atoms with Crippen LogP contribution < -0.4 is 31.5 Å². The zero-order chi connectivity index (χ0) is 33.4. The van der Waals surface area contributed by atoms with Crippen molar-refractivity contribution in [3.63, 3.8) is 0 Å². The highest BCUT2D eigenvalue weighted by molar-refractivity contribution is 6.30. The van der Waals surface area contributed by atoms with E-state index < -0.39 is 11.8 Å². The molecule has 2 aromatic heterocycles. The SMILES string of the molecule is COc1ccc(-n2c(=O)n(C)c3cc(C4=C5C(=O)NC(c6ccc7c(c6)n(C)c(=O)n7-c6ccc(OC)cc6)=C5C(=O)N4)ccc32)cc1. The number of amides is 2. The summed E-state index contributed by atoms with van der Waals surface area (Å²) in [5.74, 6) is 0.494. The van der Waals surface area contributed by atoms with Gasteiger partial charge in [-0.1, -0.05) is 12.1 Å². The highest BCUT2D eigenvalue weighted by Crippen LogP contribution is 2.38. The van der Waals surface area contributed by atoms with E-state index in [9.17, 15) is 19.2 Å². The second kappa shape index (κ2) is 10.5. The number of methoxy groups -OCH3 is 2. The number of carbonyl (C=O) groups excluding carboxylic acids is 2. The summed E-state index contributed by atoms with van der Waals surface area (Å²) in [6.45, 7) is 0. The van der Waals surface area contributed by atoms with Crippen LogP contribution in [-0.2, 0) is 23.7 Å². The normalized spacial score (nSPS) is 14.2. The Morgan fingerprint density at radius 2 is 0.875 bits per heavy atom. The summed E-state index contributed by atoms with van der Waals surface area (Å²) in [6, 6.07) is 25.1. The van der Waals surface area contributed by atoms with Crippen LogP contribution in [0.3, 0.4) is 0 Å². The van der Waals surface area contributed by atoms with Gasteiger partial charge in [-0.2, -0.15) is 0 Å². The van der Waals surface area contributed by atoms with Gasteiger partial charge < -0.3 is 20.1 Å². The van der Waals surface area contributed by atoms with E-state index in [1.807, 2.05) is 0 Å². The number of rotatable bonds is 6. The first-order valence-corrected chi connectivity index (χ1v) is 15.0. The smallest absolute Gasteiger partial charge is 0.333 e. The molecule has 4 heterocycles. The van der Waals surface area contributed by atoms with E-state index in [0.717, 1.165) is 0 Å². The molecule has 4 aromatic carbocycles. The van der Waals surface area contributed by atoms with Gasteiger partial charge in [-0.25, -0.2) is 9.59 Å². The molecule has 12 nitrogen and oxygen atoms in total. The Morgan fingerprint density at radius 3 is 1.23 bits per heavy atom. The number of ether oxygens (including phenoxy) is 2. The second-order valence-electron chi connectivity index (χ2n) is 11.6. The van der Waals surface area contributed by atoms with E-state index in [1.54, 1.807) is 122 Å². The van der Waals surface area contributed by atoms with E-state index in [2.05, 4.69) is 10.6 Å². The van der Waals surface area contributed by atoms with E-state index in [1.165, 1.54) is 9.13 Å². The molecule has 0 fully saturated rings. The minimum absolute atomic E-state index is 0.221. The molecule has 0 bridgehead atoms. The quantitative estimate of drug-likeness (QED) is 0.287. The summed E-state index contributed by atoms with van der Waals surface area (Å²) in [6.07, 6.45) is 0. The minimum Gasteiger partial charge on any atom is -0.497 e. The van der Waals surface area contributed by atoms with Crippen LogP contribution in [0.4, 0.5) is 0 Å². The average Bonchev–Trinajstić information content (AvgIpc) is 3.79. The summed E-state index contributed by atoms with van der Waals surface area (Å²) in [4.78, 5) is 53.6. The predicted molar refractivity (Wildman–Crippen MR) is 180 cm³/mol. The summed E-state index contributed by atoms with van der Waals surface area (Å²) in [7, 11) is 6.51. The number of imidazole rings is 2. The molecule has 6 aromatic rings. The van der Waals surface area contributed by atoms with Gasteiger partial charge in [0, 0.05) is 25.2 Å². The van der Waals surface area contributed by atoms with E-state index in [-0.39, 0.29) is 22.5 Å². The van der Waals surface area contributed by atoms with Crippen molar-refractivity contribution < 1.29 is 19.1 Å². The van der Waals surface area contributed by atoms with Crippen molar-refractivity contribution in [2.75, 3.05) is 14.2 Å². The van der Waals surface area contributed by atoms with Crippen LogP contribution in [0.25, 0.3) is 44.8 Å².